The largest absolute Gasteiger partial charge is 0.456 e. The Bertz CT molecular complexity index is 1090. The number of carbonyl (C=O) groups excluding carboxylic acids is 2. The van der Waals surface area contributed by atoms with Crippen molar-refractivity contribution in [2.45, 2.75) is 39.2 Å². The van der Waals surface area contributed by atoms with Gasteiger partial charge in [0.25, 0.3) is 0 Å². The number of aromatic nitrogens is 5. The molecule has 2 saturated heterocycles. The summed E-state index contributed by atoms with van der Waals surface area (Å²) in [5.41, 5.74) is 1.57. The number of piperidine rings is 1. The van der Waals surface area contributed by atoms with Crippen LogP contribution in [-0.2, 0) is 14.3 Å². The first-order chi connectivity index (χ1) is 16.4. The van der Waals surface area contributed by atoms with Gasteiger partial charge in [-0.15, -0.1) is 5.10 Å². The molecule has 180 valence electrons. The highest BCUT2D eigenvalue weighted by Crippen LogP contribution is 2.45. The monoisotopic (exact) mass is 467 g/mol. The number of cyclic esters (lactones) is 1. The average molecular weight is 468 g/mol. The summed E-state index contributed by atoms with van der Waals surface area (Å²) < 4.78 is 6.57. The SMILES string of the molecule is CC1=C(N2CCC(C)(C3CCN(C[C@H](O)c4ccc(-n5cnnn5)nc4)CC3)C2=O)COC1=O. The van der Waals surface area contributed by atoms with Crippen molar-refractivity contribution in [3.63, 3.8) is 0 Å². The van der Waals surface area contributed by atoms with Crippen molar-refractivity contribution in [2.75, 3.05) is 32.8 Å². The van der Waals surface area contributed by atoms with Gasteiger partial charge in [-0.05, 0) is 61.7 Å². The van der Waals surface area contributed by atoms with Crippen LogP contribution in [0.4, 0.5) is 0 Å². The molecule has 1 unspecified atom stereocenters. The Morgan fingerprint density at radius 1 is 1.24 bits per heavy atom. The van der Waals surface area contributed by atoms with E-state index in [4.69, 9.17) is 4.74 Å². The maximum absolute atomic E-state index is 13.4. The van der Waals surface area contributed by atoms with Crippen molar-refractivity contribution in [1.82, 2.24) is 35.0 Å². The Morgan fingerprint density at radius 3 is 2.65 bits per heavy atom. The predicted molar refractivity (Wildman–Crippen MR) is 119 cm³/mol. The highest BCUT2D eigenvalue weighted by molar-refractivity contribution is 5.94. The molecule has 0 radical (unpaired) electrons. The Kier molecular flexibility index (Phi) is 5.90. The van der Waals surface area contributed by atoms with Crippen LogP contribution < -0.4 is 0 Å². The molecule has 3 aliphatic rings. The summed E-state index contributed by atoms with van der Waals surface area (Å²) in [7, 11) is 0. The highest BCUT2D eigenvalue weighted by Gasteiger charge is 2.50. The molecule has 1 N–H and O–H groups in total. The number of amides is 1. The van der Waals surface area contributed by atoms with Gasteiger partial charge in [0.1, 0.15) is 12.9 Å². The number of β-amino-alcohol motifs (C(OH)–C–C–N with tert-alkyl or cyclic N) is 1. The van der Waals surface area contributed by atoms with Gasteiger partial charge >= 0.3 is 5.97 Å². The van der Waals surface area contributed by atoms with E-state index in [2.05, 4.69) is 32.3 Å². The van der Waals surface area contributed by atoms with Crippen molar-refractivity contribution in [2.24, 2.45) is 11.3 Å². The number of pyridine rings is 1. The van der Waals surface area contributed by atoms with Crippen LogP contribution in [0.2, 0.25) is 0 Å². The fourth-order valence-corrected chi connectivity index (χ4v) is 5.34. The fraction of sp³-hybridized carbons (Fsp3) is 0.565. The summed E-state index contributed by atoms with van der Waals surface area (Å²) in [6.45, 7) is 6.77. The Morgan fingerprint density at radius 2 is 2.03 bits per heavy atom. The Hall–Kier alpha value is -3.18. The molecule has 2 aromatic heterocycles. The molecule has 11 heteroatoms. The van der Waals surface area contributed by atoms with Gasteiger partial charge in [-0.25, -0.2) is 9.78 Å². The van der Waals surface area contributed by atoms with Crippen molar-refractivity contribution < 1.29 is 19.4 Å². The van der Waals surface area contributed by atoms with Crippen LogP contribution in [0, 0.1) is 11.3 Å². The Labute approximate surface area is 197 Å². The number of likely N-dealkylation sites (tertiary alicyclic amines) is 2. The number of carbonyl (C=O) groups is 2. The van der Waals surface area contributed by atoms with E-state index in [1.54, 1.807) is 24.1 Å². The molecule has 5 rings (SSSR count). The maximum Gasteiger partial charge on any atom is 0.336 e. The first-order valence-corrected chi connectivity index (χ1v) is 11.7. The van der Waals surface area contributed by atoms with Crippen molar-refractivity contribution in [1.29, 1.82) is 0 Å². The number of tetrazole rings is 1. The van der Waals surface area contributed by atoms with Gasteiger partial charge in [-0.2, -0.15) is 4.68 Å². The quantitative estimate of drug-likeness (QED) is 0.616. The first-order valence-electron chi connectivity index (χ1n) is 11.7. The molecule has 11 nitrogen and oxygen atoms in total. The van der Waals surface area contributed by atoms with Gasteiger partial charge in [0.2, 0.25) is 5.91 Å². The molecular weight excluding hydrogens is 438 g/mol. The summed E-state index contributed by atoms with van der Waals surface area (Å²) in [4.78, 5) is 33.5. The van der Waals surface area contributed by atoms with Gasteiger partial charge in [0.15, 0.2) is 5.82 Å². The fourth-order valence-electron chi connectivity index (χ4n) is 5.34. The minimum absolute atomic E-state index is 0.104. The second-order valence-electron chi connectivity index (χ2n) is 9.57. The topological polar surface area (TPSA) is 127 Å². The molecule has 2 fully saturated rings. The number of hydrogen-bond acceptors (Lipinski definition) is 9. The summed E-state index contributed by atoms with van der Waals surface area (Å²) in [6, 6.07) is 3.61. The van der Waals surface area contributed by atoms with E-state index in [1.165, 1.54) is 11.0 Å². The zero-order chi connectivity index (χ0) is 23.9. The number of aliphatic hydroxyl groups is 1. The van der Waals surface area contributed by atoms with Crippen molar-refractivity contribution >= 4 is 11.9 Å². The van der Waals surface area contributed by atoms with E-state index < -0.39 is 11.5 Å². The molecule has 0 bridgehead atoms. The van der Waals surface area contributed by atoms with Gasteiger partial charge in [0.05, 0.1) is 22.8 Å². The molecule has 2 atom stereocenters. The summed E-state index contributed by atoms with van der Waals surface area (Å²) in [5, 5.41) is 21.7. The number of rotatable bonds is 6. The van der Waals surface area contributed by atoms with Crippen LogP contribution in [-0.4, -0.2) is 84.8 Å². The first kappa shape index (κ1) is 22.6. The molecule has 3 aliphatic heterocycles. The zero-order valence-electron chi connectivity index (χ0n) is 19.4. The van der Waals surface area contributed by atoms with E-state index in [0.717, 1.165) is 43.6 Å². The van der Waals surface area contributed by atoms with Gasteiger partial charge < -0.3 is 19.6 Å². The Balaban J connectivity index is 1.16. The van der Waals surface area contributed by atoms with E-state index in [9.17, 15) is 14.7 Å². The van der Waals surface area contributed by atoms with Gasteiger partial charge in [-0.1, -0.05) is 13.0 Å². The van der Waals surface area contributed by atoms with Crippen LogP contribution in [0.25, 0.3) is 5.82 Å². The summed E-state index contributed by atoms with van der Waals surface area (Å²) in [6.07, 6.45) is 5.04. The molecule has 1 amide bonds. The lowest BCUT2D eigenvalue weighted by atomic mass is 9.71. The molecule has 0 saturated carbocycles. The second kappa shape index (κ2) is 8.88. The normalized spacial score (nSPS) is 25.3. The van der Waals surface area contributed by atoms with Gasteiger partial charge in [-0.3, -0.25) is 4.79 Å². The molecule has 0 aromatic carbocycles. The lowest BCUT2D eigenvalue weighted by molar-refractivity contribution is -0.139. The molecule has 2 aromatic rings. The predicted octanol–water partition coefficient (Wildman–Crippen LogP) is 0.872. The van der Waals surface area contributed by atoms with Crippen LogP contribution >= 0.6 is 0 Å². The lowest BCUT2D eigenvalue weighted by Crippen LogP contribution is -2.44. The van der Waals surface area contributed by atoms with Crippen LogP contribution in [0.15, 0.2) is 35.9 Å². The number of hydrogen-bond donors (Lipinski definition) is 1. The number of ether oxygens (including phenoxy) is 1. The summed E-state index contributed by atoms with van der Waals surface area (Å²) >= 11 is 0. The number of esters is 1. The average Bonchev–Trinajstić information content (AvgIpc) is 3.57. The molecular formula is C23H29N7O4. The van der Waals surface area contributed by atoms with E-state index in [0.29, 0.717) is 24.5 Å². The maximum atomic E-state index is 13.4. The van der Waals surface area contributed by atoms with E-state index in [1.807, 2.05) is 6.07 Å². The van der Waals surface area contributed by atoms with Crippen LogP contribution in [0.5, 0.6) is 0 Å². The van der Waals surface area contributed by atoms with Gasteiger partial charge in [0, 0.05) is 24.8 Å². The number of nitrogens with zero attached hydrogens (tertiary/aromatic N) is 7. The minimum atomic E-state index is -0.652. The van der Waals surface area contributed by atoms with Crippen molar-refractivity contribution in [3.8, 4) is 5.82 Å². The molecule has 34 heavy (non-hydrogen) atoms. The highest BCUT2D eigenvalue weighted by atomic mass is 16.5. The van der Waals surface area contributed by atoms with Crippen molar-refractivity contribution in [3.05, 3.63) is 41.5 Å². The smallest absolute Gasteiger partial charge is 0.336 e. The second-order valence-corrected chi connectivity index (χ2v) is 9.57. The molecule has 0 aliphatic carbocycles. The van der Waals surface area contributed by atoms with Crippen LogP contribution in [0.1, 0.15) is 44.8 Å². The molecule has 5 heterocycles. The minimum Gasteiger partial charge on any atom is -0.456 e. The third-order valence-electron chi connectivity index (χ3n) is 7.65. The van der Waals surface area contributed by atoms with Crippen LogP contribution in [0.3, 0.4) is 0 Å². The zero-order valence-corrected chi connectivity index (χ0v) is 19.4. The summed E-state index contributed by atoms with van der Waals surface area (Å²) in [5.74, 6) is 0.634. The van der Waals surface area contributed by atoms with E-state index >= 15 is 0 Å². The lowest BCUT2D eigenvalue weighted by Gasteiger charge is -2.40. The number of aliphatic hydroxyl groups excluding tert-OH is 1. The third-order valence-corrected chi connectivity index (χ3v) is 7.65. The van der Waals surface area contributed by atoms with E-state index in [-0.39, 0.29) is 24.4 Å². The third kappa shape index (κ3) is 3.98. The standard InChI is InChI=1S/C23H29N7O4/c1-15-18(13-34-21(15)32)29-10-7-23(2,22(29)33)17-5-8-28(9-6-17)12-19(31)16-3-4-20(24-11-16)30-14-25-26-27-30/h3-4,11,14,17,19,31H,5-10,12-13H2,1-2H3/t19-,23?/m0/s1. The molecule has 0 spiro atoms.